The van der Waals surface area contributed by atoms with E-state index in [2.05, 4.69) is 0 Å². The summed E-state index contributed by atoms with van der Waals surface area (Å²) in [5.74, 6) is -2.38. The maximum Gasteiger partial charge on any atom is 0.299 e. The van der Waals surface area contributed by atoms with E-state index in [-0.39, 0.29) is 29.3 Å². The number of hydrogen-bond acceptors (Lipinski definition) is 4. The highest BCUT2D eigenvalue weighted by Crippen LogP contribution is 2.29. The van der Waals surface area contributed by atoms with Crippen LogP contribution in [-0.4, -0.2) is 38.2 Å². The van der Waals surface area contributed by atoms with Gasteiger partial charge in [0.05, 0.1) is 17.0 Å². The summed E-state index contributed by atoms with van der Waals surface area (Å²) in [5, 5.41) is 0. The molecular formula is C13H14FNO4S. The number of sulfone groups is 1. The van der Waals surface area contributed by atoms with E-state index in [1.54, 1.807) is 6.92 Å². The third-order valence-corrected chi connectivity index (χ3v) is 4.91. The lowest BCUT2D eigenvalue weighted by Gasteiger charge is -2.16. The first-order valence-electron chi connectivity index (χ1n) is 6.22. The quantitative estimate of drug-likeness (QED) is 0.765. The smallest absolute Gasteiger partial charge is 0.299 e. The zero-order valence-corrected chi connectivity index (χ0v) is 11.7. The fourth-order valence-corrected chi connectivity index (χ4v) is 3.42. The fraction of sp³-hybridized carbons (Fsp3) is 0.385. The SMILES string of the molecule is CCCS(=O)(=O)CCN1C(=O)C(=O)c2cc(F)ccc21. The summed E-state index contributed by atoms with van der Waals surface area (Å²) in [6.07, 6.45) is 0.497. The number of benzene rings is 1. The average Bonchev–Trinajstić information content (AvgIpc) is 2.60. The Bertz CT molecular complexity index is 669. The van der Waals surface area contributed by atoms with E-state index in [4.69, 9.17) is 0 Å². The van der Waals surface area contributed by atoms with Crippen LogP contribution in [0, 0.1) is 5.82 Å². The maximum atomic E-state index is 13.1. The number of amides is 1. The minimum absolute atomic E-state index is 0.0112. The molecule has 0 saturated carbocycles. The number of rotatable bonds is 5. The molecule has 1 aromatic carbocycles. The van der Waals surface area contributed by atoms with Crippen LogP contribution in [0.25, 0.3) is 0 Å². The standard InChI is InChI=1S/C13H14FNO4S/c1-2-6-20(18,19)7-5-15-11-4-3-9(14)8-10(11)12(16)13(15)17/h3-4,8H,2,5-7H2,1H3. The minimum Gasteiger partial charge on any atom is -0.304 e. The van der Waals surface area contributed by atoms with Gasteiger partial charge in [-0.15, -0.1) is 0 Å². The maximum absolute atomic E-state index is 13.1. The molecule has 20 heavy (non-hydrogen) atoms. The summed E-state index contributed by atoms with van der Waals surface area (Å²) < 4.78 is 36.4. The average molecular weight is 299 g/mol. The Hall–Kier alpha value is -1.76. The van der Waals surface area contributed by atoms with Gasteiger partial charge in [0.2, 0.25) is 0 Å². The molecule has 0 spiro atoms. The zero-order chi connectivity index (χ0) is 14.9. The molecule has 1 aliphatic rings. The highest BCUT2D eigenvalue weighted by Gasteiger charge is 2.36. The molecule has 0 fully saturated rings. The summed E-state index contributed by atoms with van der Waals surface area (Å²) in [5.41, 5.74) is 0.260. The monoisotopic (exact) mass is 299 g/mol. The van der Waals surface area contributed by atoms with Gasteiger partial charge in [-0.05, 0) is 24.6 Å². The first-order valence-corrected chi connectivity index (χ1v) is 8.04. The number of ketones is 1. The second-order valence-electron chi connectivity index (χ2n) is 4.60. The first kappa shape index (κ1) is 14.6. The van der Waals surface area contributed by atoms with Crippen molar-refractivity contribution in [2.75, 3.05) is 23.0 Å². The number of anilines is 1. The van der Waals surface area contributed by atoms with Gasteiger partial charge < -0.3 is 4.90 Å². The van der Waals surface area contributed by atoms with Crippen molar-refractivity contribution in [1.82, 2.24) is 0 Å². The molecular weight excluding hydrogens is 285 g/mol. The van der Waals surface area contributed by atoms with Crippen LogP contribution in [0.4, 0.5) is 10.1 Å². The van der Waals surface area contributed by atoms with Gasteiger partial charge in [-0.2, -0.15) is 0 Å². The Kier molecular flexibility index (Phi) is 3.89. The number of fused-ring (bicyclic) bond motifs is 1. The third-order valence-electron chi connectivity index (χ3n) is 3.07. The molecule has 5 nitrogen and oxygen atoms in total. The van der Waals surface area contributed by atoms with E-state index < -0.39 is 27.3 Å². The molecule has 0 saturated heterocycles. The van der Waals surface area contributed by atoms with Crippen molar-refractivity contribution >= 4 is 27.2 Å². The molecule has 0 atom stereocenters. The molecule has 1 aliphatic heterocycles. The number of carbonyl (C=O) groups excluding carboxylic acids is 2. The van der Waals surface area contributed by atoms with Gasteiger partial charge in [-0.25, -0.2) is 12.8 Å². The Morgan fingerprint density at radius 2 is 1.90 bits per heavy atom. The van der Waals surface area contributed by atoms with Crippen molar-refractivity contribution in [1.29, 1.82) is 0 Å². The van der Waals surface area contributed by atoms with Crippen molar-refractivity contribution in [3.8, 4) is 0 Å². The van der Waals surface area contributed by atoms with Crippen LogP contribution in [0.3, 0.4) is 0 Å². The lowest BCUT2D eigenvalue weighted by molar-refractivity contribution is -0.114. The Labute approximate surface area is 116 Å². The van der Waals surface area contributed by atoms with Crippen LogP contribution in [0.15, 0.2) is 18.2 Å². The highest BCUT2D eigenvalue weighted by molar-refractivity contribution is 7.91. The van der Waals surface area contributed by atoms with Crippen LogP contribution < -0.4 is 4.90 Å². The fourth-order valence-electron chi connectivity index (χ4n) is 2.14. The van der Waals surface area contributed by atoms with Crippen molar-refractivity contribution < 1.29 is 22.4 Å². The van der Waals surface area contributed by atoms with Crippen LogP contribution in [0.5, 0.6) is 0 Å². The third kappa shape index (κ3) is 2.72. The second kappa shape index (κ2) is 5.32. The van der Waals surface area contributed by atoms with Gasteiger partial charge in [0.25, 0.3) is 11.7 Å². The molecule has 108 valence electrons. The predicted octanol–water partition coefficient (Wildman–Crippen LogP) is 1.18. The van der Waals surface area contributed by atoms with Crippen molar-refractivity contribution in [2.45, 2.75) is 13.3 Å². The van der Waals surface area contributed by atoms with Crippen molar-refractivity contribution in [2.24, 2.45) is 0 Å². The van der Waals surface area contributed by atoms with Crippen molar-refractivity contribution in [3.63, 3.8) is 0 Å². The molecule has 1 aromatic rings. The lowest BCUT2D eigenvalue weighted by Crippen LogP contribution is -2.34. The van der Waals surface area contributed by atoms with Gasteiger partial charge in [-0.1, -0.05) is 6.92 Å². The molecule has 0 bridgehead atoms. The van der Waals surface area contributed by atoms with Crippen LogP contribution >= 0.6 is 0 Å². The Morgan fingerprint density at radius 3 is 2.55 bits per heavy atom. The number of halogens is 1. The predicted molar refractivity (Wildman–Crippen MR) is 72.0 cm³/mol. The number of carbonyl (C=O) groups is 2. The van der Waals surface area contributed by atoms with Crippen LogP contribution in [0.1, 0.15) is 23.7 Å². The molecule has 1 heterocycles. The molecule has 0 aliphatic carbocycles. The van der Waals surface area contributed by atoms with Gasteiger partial charge in [0.15, 0.2) is 9.84 Å². The number of Topliss-reactive ketones (excluding diaryl/α,β-unsaturated/α-hetero) is 1. The summed E-state index contributed by atoms with van der Waals surface area (Å²) in [6, 6.07) is 3.45. The molecule has 0 aromatic heterocycles. The van der Waals surface area contributed by atoms with Crippen molar-refractivity contribution in [3.05, 3.63) is 29.6 Å². The summed E-state index contributed by atoms with van der Waals surface area (Å²) in [4.78, 5) is 24.6. The molecule has 7 heteroatoms. The first-order chi connectivity index (χ1) is 9.35. The van der Waals surface area contributed by atoms with Crippen LogP contribution in [-0.2, 0) is 14.6 Å². The highest BCUT2D eigenvalue weighted by atomic mass is 32.2. The van der Waals surface area contributed by atoms with E-state index in [0.717, 1.165) is 17.0 Å². The van der Waals surface area contributed by atoms with Gasteiger partial charge in [0, 0.05) is 12.3 Å². The topological polar surface area (TPSA) is 71.5 Å². The van der Waals surface area contributed by atoms with Gasteiger partial charge in [0.1, 0.15) is 5.82 Å². The molecule has 0 N–H and O–H groups in total. The second-order valence-corrected chi connectivity index (χ2v) is 6.90. The van der Waals surface area contributed by atoms with Crippen LogP contribution in [0.2, 0.25) is 0 Å². The molecule has 2 rings (SSSR count). The van der Waals surface area contributed by atoms with E-state index >= 15 is 0 Å². The minimum atomic E-state index is -3.25. The van der Waals surface area contributed by atoms with E-state index in [1.807, 2.05) is 0 Å². The molecule has 0 unspecified atom stereocenters. The normalized spacial score (nSPS) is 14.8. The molecule has 1 amide bonds. The largest absolute Gasteiger partial charge is 0.304 e. The van der Waals surface area contributed by atoms with E-state index in [1.165, 1.54) is 6.07 Å². The number of nitrogens with zero attached hydrogens (tertiary/aromatic N) is 1. The summed E-state index contributed by atoms with van der Waals surface area (Å²) in [7, 11) is -3.25. The summed E-state index contributed by atoms with van der Waals surface area (Å²) >= 11 is 0. The Balaban J connectivity index is 2.23. The zero-order valence-electron chi connectivity index (χ0n) is 10.9. The Morgan fingerprint density at radius 1 is 1.20 bits per heavy atom. The van der Waals surface area contributed by atoms with E-state index in [0.29, 0.717) is 6.42 Å². The summed E-state index contributed by atoms with van der Waals surface area (Å²) in [6.45, 7) is 1.66. The van der Waals surface area contributed by atoms with Gasteiger partial charge >= 0.3 is 0 Å². The number of hydrogen-bond donors (Lipinski definition) is 0. The van der Waals surface area contributed by atoms with Gasteiger partial charge in [-0.3, -0.25) is 9.59 Å². The lowest BCUT2D eigenvalue weighted by atomic mass is 10.1. The van der Waals surface area contributed by atoms with E-state index in [9.17, 15) is 22.4 Å². The molecule has 0 radical (unpaired) electrons.